The van der Waals surface area contributed by atoms with Gasteiger partial charge in [-0.3, -0.25) is 0 Å². The topological polar surface area (TPSA) is 111 Å². The van der Waals surface area contributed by atoms with Crippen LogP contribution in [-0.4, -0.2) is 117 Å². The molecule has 1 N–H and O–H groups in total. The number of ether oxygens (including phenoxy) is 8. The highest BCUT2D eigenvalue weighted by molar-refractivity contribution is 5.67. The summed E-state index contributed by atoms with van der Waals surface area (Å²) >= 11 is 0. The molecular formula is C26H52O10. The summed E-state index contributed by atoms with van der Waals surface area (Å²) in [5.41, 5.74) is 0. The summed E-state index contributed by atoms with van der Waals surface area (Å²) in [7, 11) is 0. The third-order valence-electron chi connectivity index (χ3n) is 4.97. The molecule has 36 heavy (non-hydrogen) atoms. The van der Waals surface area contributed by atoms with Gasteiger partial charge in [-0.05, 0) is 6.42 Å². The first-order chi connectivity index (χ1) is 17.8. The van der Waals surface area contributed by atoms with Crippen LogP contribution in [0.25, 0.3) is 0 Å². The van der Waals surface area contributed by atoms with E-state index in [1.165, 1.54) is 44.9 Å². The summed E-state index contributed by atoms with van der Waals surface area (Å²) < 4.78 is 42.9. The van der Waals surface area contributed by atoms with Crippen LogP contribution < -0.4 is 0 Å². The van der Waals surface area contributed by atoms with Crippen LogP contribution in [0, 0.1) is 0 Å². The Labute approximate surface area is 218 Å². The Balaban J connectivity index is 3.02. The monoisotopic (exact) mass is 524 g/mol. The molecule has 0 aromatic heterocycles. The second-order valence-electron chi connectivity index (χ2n) is 8.21. The van der Waals surface area contributed by atoms with E-state index in [2.05, 4.69) is 6.92 Å². The lowest BCUT2D eigenvalue weighted by atomic mass is 10.1. The molecule has 0 unspecified atom stereocenters. The van der Waals surface area contributed by atoms with Gasteiger partial charge in [-0.15, -0.1) is 0 Å². The average Bonchev–Trinajstić information content (AvgIpc) is 2.87. The molecule has 0 bridgehead atoms. The molecule has 0 atom stereocenters. The van der Waals surface area contributed by atoms with Gasteiger partial charge in [0.25, 0.3) is 0 Å². The molecule has 0 amide bonds. The molecule has 0 heterocycles. The van der Waals surface area contributed by atoms with Gasteiger partial charge in [-0.1, -0.05) is 51.9 Å². The number of carboxylic acids is 1. The molecule has 0 spiro atoms. The molecule has 0 aliphatic heterocycles. The summed E-state index contributed by atoms with van der Waals surface area (Å²) in [5.74, 6) is -0.987. The van der Waals surface area contributed by atoms with Gasteiger partial charge in [0.1, 0.15) is 6.61 Å². The van der Waals surface area contributed by atoms with E-state index < -0.39 is 5.97 Å². The smallest absolute Gasteiger partial charge is 0.329 e. The highest BCUT2D eigenvalue weighted by Gasteiger charge is 1.97. The molecule has 0 aliphatic rings. The van der Waals surface area contributed by atoms with E-state index in [4.69, 9.17) is 43.0 Å². The first kappa shape index (κ1) is 35.2. The molecule has 0 aromatic carbocycles. The number of aliphatic carboxylic acids is 1. The molecule has 0 fully saturated rings. The molecule has 0 rings (SSSR count). The highest BCUT2D eigenvalue weighted by Crippen LogP contribution is 2.08. The fourth-order valence-electron chi connectivity index (χ4n) is 3.04. The van der Waals surface area contributed by atoms with Crippen LogP contribution in [-0.2, 0) is 42.7 Å². The van der Waals surface area contributed by atoms with Crippen molar-refractivity contribution < 1.29 is 47.8 Å². The molecule has 0 saturated heterocycles. The van der Waals surface area contributed by atoms with Gasteiger partial charge in [0.2, 0.25) is 0 Å². The average molecular weight is 525 g/mol. The van der Waals surface area contributed by atoms with Gasteiger partial charge in [0.05, 0.1) is 92.5 Å². The standard InChI is InChI=1S/C26H52O10/c1-2-3-4-5-6-7-8-9-10-29-11-12-30-13-14-31-15-16-32-17-18-33-19-20-34-21-22-35-23-24-36-25-26(27)28/h2-25H2,1H3,(H,27,28). The van der Waals surface area contributed by atoms with Crippen molar-refractivity contribution in [3.63, 3.8) is 0 Å². The lowest BCUT2D eigenvalue weighted by Crippen LogP contribution is -2.15. The molecule has 0 aliphatic carbocycles. The molecule has 0 radical (unpaired) electrons. The van der Waals surface area contributed by atoms with Crippen molar-refractivity contribution in [3.8, 4) is 0 Å². The SMILES string of the molecule is CCCCCCCCCCOCCOCCOCCOCCOCCOCCOCCOCC(=O)O. The van der Waals surface area contributed by atoms with Crippen molar-refractivity contribution in [2.75, 3.05) is 106 Å². The van der Waals surface area contributed by atoms with E-state index in [0.29, 0.717) is 85.9 Å². The lowest BCUT2D eigenvalue weighted by molar-refractivity contribution is -0.142. The van der Waals surface area contributed by atoms with Crippen molar-refractivity contribution in [1.29, 1.82) is 0 Å². The molecule has 10 nitrogen and oxygen atoms in total. The van der Waals surface area contributed by atoms with E-state index in [0.717, 1.165) is 13.0 Å². The summed E-state index contributed by atoms with van der Waals surface area (Å²) in [6, 6.07) is 0. The molecular weight excluding hydrogens is 472 g/mol. The van der Waals surface area contributed by atoms with E-state index in [-0.39, 0.29) is 13.2 Å². The third-order valence-corrected chi connectivity index (χ3v) is 4.97. The number of carbonyl (C=O) groups is 1. The van der Waals surface area contributed by atoms with Gasteiger partial charge in [-0.25, -0.2) is 4.79 Å². The Morgan fingerprint density at radius 3 is 1.03 bits per heavy atom. The normalized spacial score (nSPS) is 11.4. The fourth-order valence-corrected chi connectivity index (χ4v) is 3.04. The predicted octanol–water partition coefficient (Wildman–Crippen LogP) is 3.34. The maximum absolute atomic E-state index is 10.2. The Morgan fingerprint density at radius 2 is 0.694 bits per heavy atom. The van der Waals surface area contributed by atoms with Crippen LogP contribution in [0.15, 0.2) is 0 Å². The van der Waals surface area contributed by atoms with E-state index in [9.17, 15) is 4.79 Å². The van der Waals surface area contributed by atoms with Crippen LogP contribution >= 0.6 is 0 Å². The van der Waals surface area contributed by atoms with Crippen LogP contribution in [0.2, 0.25) is 0 Å². The van der Waals surface area contributed by atoms with E-state index in [1.54, 1.807) is 0 Å². The Hall–Kier alpha value is -0.850. The zero-order chi connectivity index (χ0) is 26.2. The third kappa shape index (κ3) is 33.1. The van der Waals surface area contributed by atoms with Gasteiger partial charge >= 0.3 is 5.97 Å². The predicted molar refractivity (Wildman–Crippen MR) is 137 cm³/mol. The summed E-state index contributed by atoms with van der Waals surface area (Å²) in [6.07, 6.45) is 10.5. The van der Waals surface area contributed by atoms with Crippen molar-refractivity contribution in [3.05, 3.63) is 0 Å². The zero-order valence-corrected chi connectivity index (χ0v) is 22.6. The highest BCUT2D eigenvalue weighted by atomic mass is 16.6. The van der Waals surface area contributed by atoms with Crippen molar-refractivity contribution in [2.45, 2.75) is 58.3 Å². The molecule has 0 saturated carbocycles. The fraction of sp³-hybridized carbons (Fsp3) is 0.962. The van der Waals surface area contributed by atoms with Crippen LogP contribution in [0.1, 0.15) is 58.3 Å². The van der Waals surface area contributed by atoms with Crippen LogP contribution in [0.5, 0.6) is 0 Å². The number of hydrogen-bond acceptors (Lipinski definition) is 9. The van der Waals surface area contributed by atoms with Crippen molar-refractivity contribution >= 4 is 5.97 Å². The van der Waals surface area contributed by atoms with Crippen LogP contribution in [0.4, 0.5) is 0 Å². The minimum atomic E-state index is -0.987. The van der Waals surface area contributed by atoms with Crippen molar-refractivity contribution in [2.24, 2.45) is 0 Å². The second-order valence-corrected chi connectivity index (χ2v) is 8.21. The first-order valence-electron chi connectivity index (χ1n) is 13.6. The maximum Gasteiger partial charge on any atom is 0.329 e. The van der Waals surface area contributed by atoms with Gasteiger partial charge < -0.3 is 43.0 Å². The molecule has 10 heteroatoms. The second kappa shape index (κ2) is 32.2. The number of unbranched alkanes of at least 4 members (excludes halogenated alkanes) is 7. The Morgan fingerprint density at radius 1 is 0.417 bits per heavy atom. The lowest BCUT2D eigenvalue weighted by Gasteiger charge is -2.08. The maximum atomic E-state index is 10.2. The quantitative estimate of drug-likeness (QED) is 0.132. The summed E-state index contributed by atoms with van der Waals surface area (Å²) in [4.78, 5) is 10.2. The zero-order valence-electron chi connectivity index (χ0n) is 22.6. The Bertz CT molecular complexity index is 426. The van der Waals surface area contributed by atoms with E-state index in [1.807, 2.05) is 0 Å². The van der Waals surface area contributed by atoms with Gasteiger partial charge in [-0.2, -0.15) is 0 Å². The molecule has 216 valence electrons. The number of hydrogen-bond donors (Lipinski definition) is 1. The minimum absolute atomic E-state index is 0.253. The van der Waals surface area contributed by atoms with Gasteiger partial charge in [0, 0.05) is 6.61 Å². The number of carboxylic acid groups (broad SMARTS) is 1. The summed E-state index contributed by atoms with van der Waals surface area (Å²) in [6.45, 7) is 9.64. The van der Waals surface area contributed by atoms with Crippen LogP contribution in [0.3, 0.4) is 0 Å². The van der Waals surface area contributed by atoms with E-state index >= 15 is 0 Å². The minimum Gasteiger partial charge on any atom is -0.480 e. The number of rotatable bonds is 32. The Kier molecular flexibility index (Phi) is 31.4. The molecule has 0 aromatic rings. The summed E-state index contributed by atoms with van der Waals surface area (Å²) in [5, 5.41) is 8.40. The van der Waals surface area contributed by atoms with Crippen molar-refractivity contribution in [1.82, 2.24) is 0 Å². The van der Waals surface area contributed by atoms with Gasteiger partial charge in [0.15, 0.2) is 0 Å². The first-order valence-corrected chi connectivity index (χ1v) is 13.6. The largest absolute Gasteiger partial charge is 0.480 e.